The van der Waals surface area contributed by atoms with E-state index in [1.807, 2.05) is 6.92 Å². The quantitative estimate of drug-likeness (QED) is 0.670. The molecule has 0 spiro atoms. The van der Waals surface area contributed by atoms with E-state index < -0.39 is 5.97 Å². The highest BCUT2D eigenvalue weighted by Crippen LogP contribution is 2.29. The molecular formula is C11H14BrNO3S. The molecule has 0 bridgehead atoms. The molecule has 0 unspecified atom stereocenters. The van der Waals surface area contributed by atoms with E-state index >= 15 is 0 Å². The Kier molecular flexibility index (Phi) is 5.64. The highest BCUT2D eigenvalue weighted by atomic mass is 79.9. The number of thiophene rings is 1. The second-order valence-electron chi connectivity index (χ2n) is 3.21. The van der Waals surface area contributed by atoms with Gasteiger partial charge >= 0.3 is 5.97 Å². The van der Waals surface area contributed by atoms with Gasteiger partial charge in [-0.1, -0.05) is 22.9 Å². The van der Waals surface area contributed by atoms with Crippen molar-refractivity contribution in [3.8, 4) is 0 Å². The third-order valence-electron chi connectivity index (χ3n) is 2.00. The summed E-state index contributed by atoms with van der Waals surface area (Å²) in [5, 5.41) is 3.45. The van der Waals surface area contributed by atoms with E-state index in [-0.39, 0.29) is 11.2 Å². The van der Waals surface area contributed by atoms with Gasteiger partial charge in [0.15, 0.2) is 0 Å². The van der Waals surface area contributed by atoms with Crippen LogP contribution in [0.4, 0.5) is 5.00 Å². The molecule has 0 saturated carbocycles. The summed E-state index contributed by atoms with van der Waals surface area (Å²) in [4.78, 5) is 24.0. The zero-order valence-corrected chi connectivity index (χ0v) is 12.1. The van der Waals surface area contributed by atoms with Crippen LogP contribution in [0.5, 0.6) is 0 Å². The first-order chi connectivity index (χ1) is 8.12. The normalized spacial score (nSPS) is 10.1. The van der Waals surface area contributed by atoms with Crippen LogP contribution in [0.1, 0.15) is 29.1 Å². The molecule has 1 rings (SSSR count). The van der Waals surface area contributed by atoms with Gasteiger partial charge < -0.3 is 10.1 Å². The number of rotatable bonds is 5. The van der Waals surface area contributed by atoms with Crippen molar-refractivity contribution < 1.29 is 14.3 Å². The number of ether oxygens (including phenoxy) is 1. The third-order valence-corrected chi connectivity index (χ3v) is 3.71. The van der Waals surface area contributed by atoms with Crippen LogP contribution in [0.3, 0.4) is 0 Å². The Hall–Kier alpha value is -0.880. The Morgan fingerprint density at radius 3 is 2.71 bits per heavy atom. The number of amides is 1. The molecule has 0 atom stereocenters. The number of alkyl halides is 1. The molecule has 17 heavy (non-hydrogen) atoms. The van der Waals surface area contributed by atoms with Crippen molar-refractivity contribution in [2.24, 2.45) is 0 Å². The van der Waals surface area contributed by atoms with E-state index in [0.717, 1.165) is 11.3 Å². The van der Waals surface area contributed by atoms with Gasteiger partial charge in [0.25, 0.3) is 0 Å². The number of nitrogens with one attached hydrogen (secondary N) is 1. The zero-order valence-electron chi connectivity index (χ0n) is 9.71. The van der Waals surface area contributed by atoms with E-state index in [1.54, 1.807) is 13.0 Å². The van der Waals surface area contributed by atoms with Crippen molar-refractivity contribution in [1.82, 2.24) is 0 Å². The van der Waals surface area contributed by atoms with Gasteiger partial charge in [0.2, 0.25) is 5.91 Å². The Balaban J connectivity index is 2.96. The number of esters is 1. The molecule has 6 heteroatoms. The Bertz CT molecular complexity index is 417. The molecule has 4 nitrogen and oxygen atoms in total. The maximum Gasteiger partial charge on any atom is 0.341 e. The number of carbonyl (C=O) groups excluding carboxylic acids is 2. The van der Waals surface area contributed by atoms with E-state index in [2.05, 4.69) is 21.2 Å². The highest BCUT2D eigenvalue weighted by Gasteiger charge is 2.18. The fraction of sp³-hybridized carbons (Fsp3) is 0.455. The molecule has 1 heterocycles. The molecule has 0 aliphatic heterocycles. The third kappa shape index (κ3) is 3.81. The maximum atomic E-state index is 11.7. The second-order valence-corrected chi connectivity index (χ2v) is 4.91. The second kappa shape index (κ2) is 6.76. The van der Waals surface area contributed by atoms with Crippen LogP contribution in [0.25, 0.3) is 0 Å². The number of carbonyl (C=O) groups is 2. The molecule has 1 aromatic rings. The van der Waals surface area contributed by atoms with E-state index in [1.165, 1.54) is 11.3 Å². The predicted molar refractivity (Wildman–Crippen MR) is 72.1 cm³/mol. The van der Waals surface area contributed by atoms with E-state index in [9.17, 15) is 9.59 Å². The Morgan fingerprint density at radius 1 is 1.47 bits per heavy atom. The van der Waals surface area contributed by atoms with Gasteiger partial charge in [0.1, 0.15) is 5.00 Å². The average molecular weight is 320 g/mol. The lowest BCUT2D eigenvalue weighted by Gasteiger charge is -2.03. The molecule has 1 N–H and O–H groups in total. The minimum absolute atomic E-state index is 0.181. The summed E-state index contributed by atoms with van der Waals surface area (Å²) < 4.78 is 4.95. The lowest BCUT2D eigenvalue weighted by molar-refractivity contribution is -0.113. The number of halogens is 1. The van der Waals surface area contributed by atoms with Gasteiger partial charge in [-0.2, -0.15) is 0 Å². The standard InChI is InChI=1S/C11H14BrNO3S/c1-3-7-5-8(11(15)16-4-2)10(17-7)13-9(14)6-12/h5H,3-4,6H2,1-2H3,(H,13,14). The van der Waals surface area contributed by atoms with Crippen molar-refractivity contribution in [2.45, 2.75) is 20.3 Å². The monoisotopic (exact) mass is 319 g/mol. The molecule has 1 aromatic heterocycles. The average Bonchev–Trinajstić information content (AvgIpc) is 2.72. The van der Waals surface area contributed by atoms with Crippen molar-refractivity contribution in [1.29, 1.82) is 0 Å². The molecule has 0 radical (unpaired) electrons. The maximum absolute atomic E-state index is 11.7. The summed E-state index contributed by atoms with van der Waals surface area (Å²) in [7, 11) is 0. The van der Waals surface area contributed by atoms with E-state index in [4.69, 9.17) is 4.74 Å². The summed E-state index contributed by atoms with van der Waals surface area (Å²) in [6.07, 6.45) is 0.821. The number of anilines is 1. The molecule has 0 aliphatic carbocycles. The Labute approximate surface area is 112 Å². The summed E-state index contributed by atoms with van der Waals surface area (Å²) >= 11 is 4.47. The molecule has 0 aliphatic rings. The summed E-state index contributed by atoms with van der Waals surface area (Å²) in [6, 6.07) is 1.77. The van der Waals surface area contributed by atoms with Crippen LogP contribution in [0.15, 0.2) is 6.07 Å². The van der Waals surface area contributed by atoms with Gasteiger partial charge in [-0.3, -0.25) is 4.79 Å². The predicted octanol–water partition coefficient (Wildman–Crippen LogP) is 2.82. The zero-order chi connectivity index (χ0) is 12.8. The summed E-state index contributed by atoms with van der Waals surface area (Å²) in [5.41, 5.74) is 0.433. The topological polar surface area (TPSA) is 55.4 Å². The minimum atomic E-state index is -0.395. The van der Waals surface area contributed by atoms with Crippen LogP contribution in [-0.4, -0.2) is 23.8 Å². The van der Waals surface area contributed by atoms with Crippen molar-refractivity contribution in [3.63, 3.8) is 0 Å². The van der Waals surface area contributed by atoms with Crippen LogP contribution in [-0.2, 0) is 16.0 Å². The SMILES string of the molecule is CCOC(=O)c1cc(CC)sc1NC(=O)CBr. The molecule has 94 valence electrons. The molecule has 0 fully saturated rings. The smallest absolute Gasteiger partial charge is 0.341 e. The lowest BCUT2D eigenvalue weighted by atomic mass is 10.2. The Morgan fingerprint density at radius 2 is 2.18 bits per heavy atom. The van der Waals surface area contributed by atoms with Gasteiger partial charge in [-0.15, -0.1) is 11.3 Å². The molecule has 0 saturated heterocycles. The summed E-state index contributed by atoms with van der Waals surface area (Å²) in [6.45, 7) is 4.07. The van der Waals surface area contributed by atoms with Crippen molar-refractivity contribution >= 4 is 44.1 Å². The number of hydrogen-bond acceptors (Lipinski definition) is 4. The first-order valence-electron chi connectivity index (χ1n) is 5.28. The molecule has 0 aromatic carbocycles. The van der Waals surface area contributed by atoms with Gasteiger partial charge in [0, 0.05) is 4.88 Å². The van der Waals surface area contributed by atoms with Crippen LogP contribution >= 0.6 is 27.3 Å². The van der Waals surface area contributed by atoms with Gasteiger partial charge in [-0.05, 0) is 19.4 Å². The number of aryl methyl sites for hydroxylation is 1. The highest BCUT2D eigenvalue weighted by molar-refractivity contribution is 9.09. The first kappa shape index (κ1) is 14.2. The number of hydrogen-bond donors (Lipinski definition) is 1. The summed E-state index contributed by atoms with van der Waals surface area (Å²) in [5.74, 6) is -0.576. The largest absolute Gasteiger partial charge is 0.462 e. The van der Waals surface area contributed by atoms with Gasteiger partial charge in [0.05, 0.1) is 17.5 Å². The molecule has 1 amide bonds. The molecular weight excluding hydrogens is 306 g/mol. The van der Waals surface area contributed by atoms with Crippen molar-refractivity contribution in [2.75, 3.05) is 17.3 Å². The first-order valence-corrected chi connectivity index (χ1v) is 7.21. The fourth-order valence-corrected chi connectivity index (χ4v) is 2.37. The van der Waals surface area contributed by atoms with Crippen LogP contribution in [0, 0.1) is 0 Å². The van der Waals surface area contributed by atoms with Crippen LogP contribution < -0.4 is 5.32 Å². The van der Waals surface area contributed by atoms with E-state index in [0.29, 0.717) is 17.2 Å². The lowest BCUT2D eigenvalue weighted by Crippen LogP contribution is -2.14. The minimum Gasteiger partial charge on any atom is -0.462 e. The van der Waals surface area contributed by atoms with Crippen molar-refractivity contribution in [3.05, 3.63) is 16.5 Å². The van der Waals surface area contributed by atoms with Crippen LogP contribution in [0.2, 0.25) is 0 Å². The fourth-order valence-electron chi connectivity index (χ4n) is 1.23. The van der Waals surface area contributed by atoms with Gasteiger partial charge in [-0.25, -0.2) is 4.79 Å².